The predicted molar refractivity (Wildman–Crippen MR) is 62.7 cm³/mol. The molecule has 0 unspecified atom stereocenters. The van der Waals surface area contributed by atoms with Crippen LogP contribution in [0.5, 0.6) is 5.75 Å². The van der Waals surface area contributed by atoms with Gasteiger partial charge in [0.05, 0.1) is 6.10 Å². The zero-order valence-corrected chi connectivity index (χ0v) is 10.4. The van der Waals surface area contributed by atoms with Gasteiger partial charge in [0.25, 0.3) is 0 Å². The molecule has 0 heterocycles. The average Bonchev–Trinajstić information content (AvgIpc) is 2.09. The Balaban J connectivity index is 2.89. The molecule has 0 radical (unpaired) electrons. The van der Waals surface area contributed by atoms with Crippen LogP contribution in [0.1, 0.15) is 19.4 Å². The van der Waals surface area contributed by atoms with E-state index in [-0.39, 0.29) is 6.10 Å². The quantitative estimate of drug-likeness (QED) is 0.896. The van der Waals surface area contributed by atoms with Crippen molar-refractivity contribution in [3.8, 4) is 5.75 Å². The molecule has 1 N–H and O–H groups in total. The van der Waals surface area contributed by atoms with Crippen LogP contribution in [0.4, 0.5) is 0 Å². The third-order valence-corrected chi connectivity index (χ3v) is 2.25. The maximum Gasteiger partial charge on any atom is 0.124 e. The molecular formula is C11H16BrNO. The van der Waals surface area contributed by atoms with E-state index in [9.17, 15) is 0 Å². The Labute approximate surface area is 93.8 Å². The van der Waals surface area contributed by atoms with Crippen molar-refractivity contribution in [2.24, 2.45) is 0 Å². The van der Waals surface area contributed by atoms with Gasteiger partial charge in [-0.05, 0) is 39.1 Å². The maximum atomic E-state index is 5.69. The van der Waals surface area contributed by atoms with Gasteiger partial charge < -0.3 is 10.1 Å². The minimum absolute atomic E-state index is 0.215. The second-order valence-corrected chi connectivity index (χ2v) is 4.36. The van der Waals surface area contributed by atoms with Crippen molar-refractivity contribution in [1.82, 2.24) is 5.32 Å². The molecule has 0 amide bonds. The largest absolute Gasteiger partial charge is 0.491 e. The Kier molecular flexibility index (Phi) is 4.42. The number of benzene rings is 1. The van der Waals surface area contributed by atoms with Crippen molar-refractivity contribution in [2.75, 3.05) is 7.05 Å². The lowest BCUT2D eigenvalue weighted by Crippen LogP contribution is -2.11. The fourth-order valence-corrected chi connectivity index (χ4v) is 1.65. The van der Waals surface area contributed by atoms with Gasteiger partial charge in [-0.2, -0.15) is 0 Å². The summed E-state index contributed by atoms with van der Waals surface area (Å²) in [6.45, 7) is 4.89. The van der Waals surface area contributed by atoms with E-state index in [0.29, 0.717) is 0 Å². The van der Waals surface area contributed by atoms with Crippen LogP contribution in [-0.4, -0.2) is 13.2 Å². The standard InChI is InChI=1S/C11H16BrNO/c1-8(2)14-11-5-4-10(12)6-9(11)7-13-3/h4-6,8,13H,7H2,1-3H3. The third kappa shape index (κ3) is 3.31. The molecule has 0 saturated heterocycles. The van der Waals surface area contributed by atoms with Crippen molar-refractivity contribution in [3.05, 3.63) is 28.2 Å². The Morgan fingerprint density at radius 3 is 2.71 bits per heavy atom. The summed E-state index contributed by atoms with van der Waals surface area (Å²) in [6.07, 6.45) is 0.215. The van der Waals surface area contributed by atoms with Gasteiger partial charge in [-0.15, -0.1) is 0 Å². The van der Waals surface area contributed by atoms with Crippen molar-refractivity contribution in [2.45, 2.75) is 26.5 Å². The highest BCUT2D eigenvalue weighted by Crippen LogP contribution is 2.23. The number of halogens is 1. The van der Waals surface area contributed by atoms with E-state index < -0.39 is 0 Å². The molecule has 1 rings (SSSR count). The van der Waals surface area contributed by atoms with Crippen molar-refractivity contribution < 1.29 is 4.74 Å². The maximum absolute atomic E-state index is 5.69. The average molecular weight is 258 g/mol. The first-order valence-electron chi connectivity index (χ1n) is 4.73. The summed E-state index contributed by atoms with van der Waals surface area (Å²) in [6, 6.07) is 6.07. The lowest BCUT2D eigenvalue weighted by atomic mass is 10.2. The van der Waals surface area contributed by atoms with Crippen molar-refractivity contribution >= 4 is 15.9 Å². The summed E-state index contributed by atoms with van der Waals surface area (Å²) in [7, 11) is 1.93. The summed E-state index contributed by atoms with van der Waals surface area (Å²) >= 11 is 3.45. The zero-order chi connectivity index (χ0) is 10.6. The molecule has 0 aliphatic heterocycles. The van der Waals surface area contributed by atoms with Crippen LogP contribution in [0.25, 0.3) is 0 Å². The van der Waals surface area contributed by atoms with Crippen LogP contribution in [0.15, 0.2) is 22.7 Å². The SMILES string of the molecule is CNCc1cc(Br)ccc1OC(C)C. The molecule has 0 aliphatic rings. The van der Waals surface area contributed by atoms with Crippen LogP contribution in [0.3, 0.4) is 0 Å². The summed E-state index contributed by atoms with van der Waals surface area (Å²) < 4.78 is 6.77. The lowest BCUT2D eigenvalue weighted by Gasteiger charge is -2.14. The highest BCUT2D eigenvalue weighted by molar-refractivity contribution is 9.10. The van der Waals surface area contributed by atoms with E-state index >= 15 is 0 Å². The molecule has 0 fully saturated rings. The smallest absolute Gasteiger partial charge is 0.124 e. The highest BCUT2D eigenvalue weighted by atomic mass is 79.9. The van der Waals surface area contributed by atoms with Crippen LogP contribution in [0, 0.1) is 0 Å². The third-order valence-electron chi connectivity index (χ3n) is 1.75. The van der Waals surface area contributed by atoms with Gasteiger partial charge in [0.1, 0.15) is 5.75 Å². The minimum Gasteiger partial charge on any atom is -0.491 e. The van der Waals surface area contributed by atoms with Crippen LogP contribution in [0.2, 0.25) is 0 Å². The molecule has 0 saturated carbocycles. The van der Waals surface area contributed by atoms with Crippen LogP contribution >= 0.6 is 15.9 Å². The fraction of sp³-hybridized carbons (Fsp3) is 0.455. The zero-order valence-electron chi connectivity index (χ0n) is 8.80. The molecule has 0 atom stereocenters. The van der Waals surface area contributed by atoms with E-state index in [4.69, 9.17) is 4.74 Å². The number of rotatable bonds is 4. The van der Waals surface area contributed by atoms with E-state index in [2.05, 4.69) is 27.3 Å². The van der Waals surface area contributed by atoms with Gasteiger partial charge in [-0.3, -0.25) is 0 Å². The van der Waals surface area contributed by atoms with Gasteiger partial charge in [0, 0.05) is 16.6 Å². The van der Waals surface area contributed by atoms with Gasteiger partial charge in [-0.25, -0.2) is 0 Å². The summed E-state index contributed by atoms with van der Waals surface area (Å²) in [5.74, 6) is 0.956. The summed E-state index contributed by atoms with van der Waals surface area (Å²) in [5, 5.41) is 3.12. The molecule has 0 bridgehead atoms. The normalized spacial score (nSPS) is 10.6. The molecule has 0 aliphatic carbocycles. The van der Waals surface area contributed by atoms with Gasteiger partial charge in [0.2, 0.25) is 0 Å². The number of hydrogen-bond acceptors (Lipinski definition) is 2. The molecule has 1 aromatic carbocycles. The first kappa shape index (κ1) is 11.5. The van der Waals surface area contributed by atoms with Crippen molar-refractivity contribution in [1.29, 1.82) is 0 Å². The molecule has 0 spiro atoms. The number of ether oxygens (including phenoxy) is 1. The molecule has 2 nitrogen and oxygen atoms in total. The van der Waals surface area contributed by atoms with Crippen LogP contribution in [-0.2, 0) is 6.54 Å². The van der Waals surface area contributed by atoms with Gasteiger partial charge >= 0.3 is 0 Å². The second kappa shape index (κ2) is 5.37. The van der Waals surface area contributed by atoms with Crippen LogP contribution < -0.4 is 10.1 Å². The van der Waals surface area contributed by atoms with E-state index in [1.807, 2.05) is 33.0 Å². The predicted octanol–water partition coefficient (Wildman–Crippen LogP) is 2.96. The Hall–Kier alpha value is -0.540. The highest BCUT2D eigenvalue weighted by Gasteiger charge is 2.05. The molecule has 0 aromatic heterocycles. The van der Waals surface area contributed by atoms with E-state index in [1.165, 1.54) is 5.56 Å². The van der Waals surface area contributed by atoms with E-state index in [1.54, 1.807) is 0 Å². The molecular weight excluding hydrogens is 242 g/mol. The fourth-order valence-electron chi connectivity index (χ4n) is 1.25. The minimum atomic E-state index is 0.215. The molecule has 3 heteroatoms. The molecule has 78 valence electrons. The number of nitrogens with one attached hydrogen (secondary N) is 1. The Morgan fingerprint density at radius 1 is 1.43 bits per heavy atom. The first-order chi connectivity index (χ1) is 6.63. The van der Waals surface area contributed by atoms with Gasteiger partial charge in [0.15, 0.2) is 0 Å². The topological polar surface area (TPSA) is 21.3 Å². The van der Waals surface area contributed by atoms with Gasteiger partial charge in [-0.1, -0.05) is 15.9 Å². The monoisotopic (exact) mass is 257 g/mol. The Morgan fingerprint density at radius 2 is 2.14 bits per heavy atom. The summed E-state index contributed by atoms with van der Waals surface area (Å²) in [4.78, 5) is 0. The second-order valence-electron chi connectivity index (χ2n) is 3.45. The Bertz CT molecular complexity index is 299. The first-order valence-corrected chi connectivity index (χ1v) is 5.52. The number of hydrogen-bond donors (Lipinski definition) is 1. The summed E-state index contributed by atoms with van der Waals surface area (Å²) in [5.41, 5.74) is 1.18. The van der Waals surface area contributed by atoms with Crippen molar-refractivity contribution in [3.63, 3.8) is 0 Å². The molecule has 1 aromatic rings. The lowest BCUT2D eigenvalue weighted by molar-refractivity contribution is 0.239. The molecule has 14 heavy (non-hydrogen) atoms. The van der Waals surface area contributed by atoms with E-state index in [0.717, 1.165) is 16.8 Å².